The second-order valence-electron chi connectivity index (χ2n) is 4.72. The molecule has 1 aromatic rings. The molecule has 0 spiro atoms. The minimum Gasteiger partial charge on any atom is -0.396 e. The lowest BCUT2D eigenvalue weighted by atomic mass is 10.0. The van der Waals surface area contributed by atoms with Crippen LogP contribution in [0.3, 0.4) is 0 Å². The molecule has 102 valence electrons. The molecule has 0 fully saturated rings. The Morgan fingerprint density at radius 1 is 1.22 bits per heavy atom. The zero-order chi connectivity index (χ0) is 13.6. The standard InChI is InChI=1S/C13H21NO3S/c1-11(2)10-12-4-6-13(7-5-12)18(16,17)14-8-3-9-15/h4-7,11,14-15H,3,8-10H2,1-2H3. The van der Waals surface area contributed by atoms with Gasteiger partial charge in [0.2, 0.25) is 10.0 Å². The van der Waals surface area contributed by atoms with Crippen LogP contribution in [0.5, 0.6) is 0 Å². The van der Waals surface area contributed by atoms with E-state index < -0.39 is 10.0 Å². The summed E-state index contributed by atoms with van der Waals surface area (Å²) in [4.78, 5) is 0.271. The highest BCUT2D eigenvalue weighted by atomic mass is 32.2. The molecule has 2 N–H and O–H groups in total. The molecule has 0 atom stereocenters. The number of aliphatic hydroxyl groups excluding tert-OH is 1. The van der Waals surface area contributed by atoms with Crippen LogP contribution in [0.2, 0.25) is 0 Å². The maximum atomic E-state index is 11.8. The van der Waals surface area contributed by atoms with Crippen LogP contribution in [0.15, 0.2) is 29.2 Å². The first-order valence-corrected chi connectivity index (χ1v) is 7.63. The number of nitrogens with one attached hydrogen (secondary N) is 1. The van der Waals surface area contributed by atoms with Gasteiger partial charge in [-0.25, -0.2) is 13.1 Å². The Bertz CT molecular complexity index is 452. The van der Waals surface area contributed by atoms with Crippen molar-refractivity contribution < 1.29 is 13.5 Å². The number of hydrogen-bond acceptors (Lipinski definition) is 3. The molecule has 5 heteroatoms. The Morgan fingerprint density at radius 3 is 2.33 bits per heavy atom. The van der Waals surface area contributed by atoms with E-state index in [9.17, 15) is 8.42 Å². The van der Waals surface area contributed by atoms with E-state index in [-0.39, 0.29) is 18.0 Å². The average Bonchev–Trinajstić information content (AvgIpc) is 2.29. The first-order chi connectivity index (χ1) is 8.45. The molecule has 0 aliphatic rings. The van der Waals surface area contributed by atoms with Crippen molar-refractivity contribution in [3.8, 4) is 0 Å². The fraction of sp³-hybridized carbons (Fsp3) is 0.538. The van der Waals surface area contributed by atoms with E-state index in [0.717, 1.165) is 12.0 Å². The first-order valence-electron chi connectivity index (χ1n) is 6.15. The topological polar surface area (TPSA) is 66.4 Å². The maximum absolute atomic E-state index is 11.8. The number of hydrogen-bond donors (Lipinski definition) is 2. The van der Waals surface area contributed by atoms with Crippen molar-refractivity contribution in [1.29, 1.82) is 0 Å². The van der Waals surface area contributed by atoms with Crippen molar-refractivity contribution in [2.45, 2.75) is 31.6 Å². The lowest BCUT2D eigenvalue weighted by Gasteiger charge is -2.08. The van der Waals surface area contributed by atoms with Crippen LogP contribution in [-0.4, -0.2) is 26.7 Å². The van der Waals surface area contributed by atoms with Crippen LogP contribution in [0.4, 0.5) is 0 Å². The summed E-state index contributed by atoms with van der Waals surface area (Å²) >= 11 is 0. The monoisotopic (exact) mass is 271 g/mol. The second kappa shape index (κ2) is 6.87. The molecule has 0 unspecified atom stereocenters. The fourth-order valence-corrected chi connectivity index (χ4v) is 2.72. The van der Waals surface area contributed by atoms with Gasteiger partial charge in [-0.15, -0.1) is 0 Å². The van der Waals surface area contributed by atoms with Crippen LogP contribution in [0.25, 0.3) is 0 Å². The van der Waals surface area contributed by atoms with Crippen LogP contribution in [0, 0.1) is 5.92 Å². The maximum Gasteiger partial charge on any atom is 0.240 e. The van der Waals surface area contributed by atoms with E-state index in [2.05, 4.69) is 18.6 Å². The molecule has 1 aromatic carbocycles. The highest BCUT2D eigenvalue weighted by Gasteiger charge is 2.12. The molecule has 0 saturated heterocycles. The van der Waals surface area contributed by atoms with Gasteiger partial charge >= 0.3 is 0 Å². The molecule has 0 bridgehead atoms. The summed E-state index contributed by atoms with van der Waals surface area (Å²) in [7, 11) is -3.44. The molecular weight excluding hydrogens is 250 g/mol. The van der Waals surface area contributed by atoms with E-state index in [1.54, 1.807) is 12.1 Å². The summed E-state index contributed by atoms with van der Waals surface area (Å²) in [5.74, 6) is 0.551. The Hall–Kier alpha value is -0.910. The molecule has 0 heterocycles. The third-order valence-electron chi connectivity index (χ3n) is 2.50. The summed E-state index contributed by atoms with van der Waals surface area (Å²) < 4.78 is 26.1. The zero-order valence-electron chi connectivity index (χ0n) is 10.9. The fourth-order valence-electron chi connectivity index (χ4n) is 1.65. The van der Waals surface area contributed by atoms with Gasteiger partial charge in [0.05, 0.1) is 4.90 Å². The molecule has 0 radical (unpaired) electrons. The van der Waals surface area contributed by atoms with E-state index in [4.69, 9.17) is 5.11 Å². The molecule has 0 amide bonds. The van der Waals surface area contributed by atoms with Crippen molar-refractivity contribution in [2.75, 3.05) is 13.2 Å². The summed E-state index contributed by atoms with van der Waals surface area (Å²) in [5, 5.41) is 8.62. The van der Waals surface area contributed by atoms with Gasteiger partial charge in [-0.3, -0.25) is 0 Å². The van der Waals surface area contributed by atoms with Crippen molar-refractivity contribution in [3.05, 3.63) is 29.8 Å². The Labute approximate surface area is 109 Å². The summed E-state index contributed by atoms with van der Waals surface area (Å²) in [6.45, 7) is 4.49. The smallest absolute Gasteiger partial charge is 0.240 e. The average molecular weight is 271 g/mol. The Balaban J connectivity index is 2.71. The second-order valence-corrected chi connectivity index (χ2v) is 6.48. The van der Waals surface area contributed by atoms with Crippen molar-refractivity contribution in [1.82, 2.24) is 4.72 Å². The molecule has 0 aliphatic heterocycles. The molecule has 4 nitrogen and oxygen atoms in total. The number of rotatable bonds is 7. The van der Waals surface area contributed by atoms with E-state index in [1.165, 1.54) is 0 Å². The predicted molar refractivity (Wildman–Crippen MR) is 71.9 cm³/mol. The molecule has 0 aromatic heterocycles. The largest absolute Gasteiger partial charge is 0.396 e. The minimum absolute atomic E-state index is 0.0180. The number of benzene rings is 1. The van der Waals surface area contributed by atoms with Crippen molar-refractivity contribution >= 4 is 10.0 Å². The van der Waals surface area contributed by atoms with Gasteiger partial charge in [0, 0.05) is 13.2 Å². The van der Waals surface area contributed by atoms with Crippen molar-refractivity contribution in [2.24, 2.45) is 5.92 Å². The predicted octanol–water partition coefficient (Wildman–Crippen LogP) is 1.55. The third-order valence-corrected chi connectivity index (χ3v) is 3.98. The molecule has 18 heavy (non-hydrogen) atoms. The van der Waals surface area contributed by atoms with Gasteiger partial charge in [-0.1, -0.05) is 26.0 Å². The van der Waals surface area contributed by atoms with Crippen LogP contribution in [0.1, 0.15) is 25.8 Å². The minimum atomic E-state index is -3.44. The van der Waals surface area contributed by atoms with Crippen LogP contribution in [-0.2, 0) is 16.4 Å². The van der Waals surface area contributed by atoms with Gasteiger partial charge in [-0.2, -0.15) is 0 Å². The highest BCUT2D eigenvalue weighted by Crippen LogP contribution is 2.13. The van der Waals surface area contributed by atoms with Gasteiger partial charge in [0.25, 0.3) is 0 Å². The molecule has 1 rings (SSSR count). The van der Waals surface area contributed by atoms with E-state index >= 15 is 0 Å². The summed E-state index contributed by atoms with van der Waals surface area (Å²) in [5.41, 5.74) is 1.14. The highest BCUT2D eigenvalue weighted by molar-refractivity contribution is 7.89. The van der Waals surface area contributed by atoms with Gasteiger partial charge < -0.3 is 5.11 Å². The first kappa shape index (κ1) is 15.1. The Kier molecular flexibility index (Phi) is 5.78. The number of sulfonamides is 1. The Morgan fingerprint density at radius 2 is 1.83 bits per heavy atom. The summed E-state index contributed by atoms with van der Waals surface area (Å²) in [6.07, 6.45) is 1.36. The van der Waals surface area contributed by atoms with Gasteiger partial charge in [0.15, 0.2) is 0 Å². The van der Waals surface area contributed by atoms with E-state index in [0.29, 0.717) is 12.3 Å². The molecule has 0 saturated carbocycles. The third kappa shape index (κ3) is 4.76. The normalized spacial score (nSPS) is 12.0. The number of aliphatic hydroxyl groups is 1. The lowest BCUT2D eigenvalue weighted by Crippen LogP contribution is -2.25. The van der Waals surface area contributed by atoms with Crippen LogP contribution >= 0.6 is 0 Å². The van der Waals surface area contributed by atoms with E-state index in [1.807, 2.05) is 12.1 Å². The SMILES string of the molecule is CC(C)Cc1ccc(S(=O)(=O)NCCCO)cc1. The quantitative estimate of drug-likeness (QED) is 0.739. The molecule has 0 aliphatic carbocycles. The van der Waals surface area contributed by atoms with Gasteiger partial charge in [0.1, 0.15) is 0 Å². The zero-order valence-corrected chi connectivity index (χ0v) is 11.7. The van der Waals surface area contributed by atoms with Gasteiger partial charge in [-0.05, 0) is 36.5 Å². The lowest BCUT2D eigenvalue weighted by molar-refractivity contribution is 0.289. The van der Waals surface area contributed by atoms with Crippen molar-refractivity contribution in [3.63, 3.8) is 0 Å². The van der Waals surface area contributed by atoms with Crippen LogP contribution < -0.4 is 4.72 Å². The molecular formula is C13H21NO3S. The summed E-state index contributed by atoms with van der Waals surface area (Å²) in [6, 6.07) is 6.94.